The van der Waals surface area contributed by atoms with Gasteiger partial charge in [-0.25, -0.2) is 0 Å². The molecule has 4 heteroatoms. The summed E-state index contributed by atoms with van der Waals surface area (Å²) >= 11 is 3.43. The quantitative estimate of drug-likeness (QED) is 0.874. The lowest BCUT2D eigenvalue weighted by Crippen LogP contribution is -2.34. The van der Waals surface area contributed by atoms with Gasteiger partial charge in [-0.15, -0.1) is 0 Å². The molecule has 0 bridgehead atoms. The predicted molar refractivity (Wildman–Crippen MR) is 79.7 cm³/mol. The van der Waals surface area contributed by atoms with E-state index < -0.39 is 0 Å². The molecule has 0 saturated heterocycles. The molecule has 0 spiro atoms. The van der Waals surface area contributed by atoms with Crippen molar-refractivity contribution >= 4 is 21.6 Å². The molecule has 98 valence electrons. The van der Waals surface area contributed by atoms with E-state index in [1.165, 1.54) is 0 Å². The molecule has 1 aromatic rings. The fourth-order valence-corrected chi connectivity index (χ4v) is 2.27. The molecule has 0 aliphatic heterocycles. The van der Waals surface area contributed by atoms with Gasteiger partial charge in [0.15, 0.2) is 0 Å². The van der Waals surface area contributed by atoms with E-state index in [-0.39, 0.29) is 0 Å². The van der Waals surface area contributed by atoms with Crippen molar-refractivity contribution in [2.24, 2.45) is 0 Å². The molecule has 1 unspecified atom stereocenters. The third-order valence-corrected chi connectivity index (χ3v) is 3.42. The maximum absolute atomic E-state index is 9.08. The van der Waals surface area contributed by atoms with Crippen molar-refractivity contribution in [3.05, 3.63) is 28.2 Å². The second-order valence-electron chi connectivity index (χ2n) is 4.33. The highest BCUT2D eigenvalue weighted by atomic mass is 79.9. The highest BCUT2D eigenvalue weighted by molar-refractivity contribution is 9.10. The Labute approximate surface area is 118 Å². The van der Waals surface area contributed by atoms with Gasteiger partial charge >= 0.3 is 0 Å². The maximum atomic E-state index is 9.08. The summed E-state index contributed by atoms with van der Waals surface area (Å²) in [6, 6.07) is 8.20. The monoisotopic (exact) mass is 309 g/mol. The van der Waals surface area contributed by atoms with Crippen molar-refractivity contribution in [2.75, 3.05) is 25.0 Å². The molecule has 18 heavy (non-hydrogen) atoms. The molecule has 0 heterocycles. The molecule has 0 fully saturated rings. The zero-order valence-electron chi connectivity index (χ0n) is 11.2. The van der Waals surface area contributed by atoms with Crippen molar-refractivity contribution in [3.63, 3.8) is 0 Å². The summed E-state index contributed by atoms with van der Waals surface area (Å²) in [5, 5.41) is 12.5. The highest BCUT2D eigenvalue weighted by Gasteiger charge is 2.09. The zero-order chi connectivity index (χ0) is 13.5. The van der Waals surface area contributed by atoms with Gasteiger partial charge in [-0.2, -0.15) is 5.26 Å². The first-order valence-electron chi connectivity index (χ1n) is 6.29. The number of nitrogens with zero attached hydrogens (tertiary/aromatic N) is 2. The van der Waals surface area contributed by atoms with Crippen molar-refractivity contribution in [3.8, 4) is 6.07 Å². The van der Waals surface area contributed by atoms with Gasteiger partial charge in [-0.1, -0.05) is 29.8 Å². The van der Waals surface area contributed by atoms with Crippen LogP contribution in [0.3, 0.4) is 0 Å². The molecule has 0 aliphatic rings. The zero-order valence-corrected chi connectivity index (χ0v) is 12.8. The Hall–Kier alpha value is -1.05. The first-order valence-corrected chi connectivity index (χ1v) is 7.08. The smallest absolute Gasteiger partial charge is 0.101 e. The minimum absolute atomic E-state index is 0.311. The third-order valence-electron chi connectivity index (χ3n) is 2.93. The van der Waals surface area contributed by atoms with Crippen LogP contribution in [0.15, 0.2) is 22.7 Å². The number of nitrogens with one attached hydrogen (secondary N) is 1. The lowest BCUT2D eigenvalue weighted by Gasteiger charge is -2.24. The summed E-state index contributed by atoms with van der Waals surface area (Å²) < 4.78 is 0.985. The van der Waals surface area contributed by atoms with E-state index in [4.69, 9.17) is 5.26 Å². The van der Waals surface area contributed by atoms with Crippen LogP contribution in [0.1, 0.15) is 26.3 Å². The van der Waals surface area contributed by atoms with Crippen LogP contribution in [-0.2, 0) is 0 Å². The summed E-state index contributed by atoms with van der Waals surface area (Å²) in [5.41, 5.74) is 1.58. The summed E-state index contributed by atoms with van der Waals surface area (Å²) in [6.07, 6.45) is 0. The molecular formula is C14H20BrN3. The minimum atomic E-state index is 0.311. The first kappa shape index (κ1) is 15.0. The van der Waals surface area contributed by atoms with E-state index in [1.807, 2.05) is 18.2 Å². The molecule has 1 N–H and O–H groups in total. The Morgan fingerprint density at radius 3 is 2.61 bits per heavy atom. The topological polar surface area (TPSA) is 39.1 Å². The maximum Gasteiger partial charge on any atom is 0.101 e. The van der Waals surface area contributed by atoms with E-state index in [0.717, 1.165) is 29.8 Å². The molecule has 0 aromatic heterocycles. The molecule has 1 atom stereocenters. The summed E-state index contributed by atoms with van der Waals surface area (Å²) in [6.45, 7) is 9.54. The highest BCUT2D eigenvalue weighted by Crippen LogP contribution is 2.21. The second-order valence-corrected chi connectivity index (χ2v) is 5.25. The second kappa shape index (κ2) is 7.40. The van der Waals surface area contributed by atoms with Gasteiger partial charge in [0.2, 0.25) is 0 Å². The Morgan fingerprint density at radius 1 is 1.39 bits per heavy atom. The molecule has 0 aliphatic carbocycles. The number of halogens is 1. The van der Waals surface area contributed by atoms with Gasteiger partial charge in [-0.05, 0) is 38.2 Å². The molecule has 0 amide bonds. The molecule has 3 nitrogen and oxygen atoms in total. The number of nitriles is 1. The van der Waals surface area contributed by atoms with Crippen LogP contribution in [0.4, 0.5) is 5.69 Å². The minimum Gasteiger partial charge on any atom is -0.380 e. The lowest BCUT2D eigenvalue weighted by molar-refractivity contribution is 0.295. The number of hydrogen-bond donors (Lipinski definition) is 1. The largest absolute Gasteiger partial charge is 0.380 e. The van der Waals surface area contributed by atoms with Gasteiger partial charge in [0.25, 0.3) is 0 Å². The molecule has 0 radical (unpaired) electrons. The molecule has 1 rings (SSSR count). The van der Waals surface area contributed by atoms with Gasteiger partial charge in [0.05, 0.1) is 11.3 Å². The molecule has 0 saturated carbocycles. The molecular weight excluding hydrogens is 290 g/mol. The average Bonchev–Trinajstić information content (AvgIpc) is 2.36. The van der Waals surface area contributed by atoms with Crippen molar-refractivity contribution in [2.45, 2.75) is 26.8 Å². The average molecular weight is 310 g/mol. The van der Waals surface area contributed by atoms with Crippen molar-refractivity contribution in [1.82, 2.24) is 4.90 Å². The lowest BCUT2D eigenvalue weighted by atomic mass is 10.1. The normalized spacial score (nSPS) is 12.2. The standard InChI is InChI=1S/C14H20BrN3/c1-4-18(5-2)10-11(3)17-14-8-13(15)7-6-12(14)9-16/h6-8,11,17H,4-5,10H2,1-3H3. The van der Waals surface area contributed by atoms with E-state index in [9.17, 15) is 0 Å². The van der Waals surface area contributed by atoms with Crippen LogP contribution in [0.25, 0.3) is 0 Å². The van der Waals surface area contributed by atoms with E-state index >= 15 is 0 Å². The van der Waals surface area contributed by atoms with Gasteiger partial charge in [-0.3, -0.25) is 0 Å². The van der Waals surface area contributed by atoms with Crippen LogP contribution in [0.5, 0.6) is 0 Å². The number of anilines is 1. The van der Waals surface area contributed by atoms with Gasteiger partial charge in [0, 0.05) is 17.1 Å². The number of benzene rings is 1. The van der Waals surface area contributed by atoms with E-state index in [0.29, 0.717) is 11.6 Å². The van der Waals surface area contributed by atoms with E-state index in [2.05, 4.69) is 53.0 Å². The first-order chi connectivity index (χ1) is 8.60. The van der Waals surface area contributed by atoms with E-state index in [1.54, 1.807) is 0 Å². The number of hydrogen-bond acceptors (Lipinski definition) is 3. The summed E-state index contributed by atoms with van der Waals surface area (Å²) in [4.78, 5) is 2.36. The summed E-state index contributed by atoms with van der Waals surface area (Å²) in [7, 11) is 0. The Bertz CT molecular complexity index is 422. The number of likely N-dealkylation sites (N-methyl/N-ethyl adjacent to an activating group) is 1. The van der Waals surface area contributed by atoms with Crippen LogP contribution in [0.2, 0.25) is 0 Å². The van der Waals surface area contributed by atoms with Crippen LogP contribution in [-0.4, -0.2) is 30.6 Å². The number of rotatable bonds is 6. The van der Waals surface area contributed by atoms with Crippen molar-refractivity contribution < 1.29 is 0 Å². The SMILES string of the molecule is CCN(CC)CC(C)Nc1cc(Br)ccc1C#N. The predicted octanol–water partition coefficient (Wildman–Crippen LogP) is 3.46. The molecule has 1 aromatic carbocycles. The van der Waals surface area contributed by atoms with Gasteiger partial charge < -0.3 is 10.2 Å². The van der Waals surface area contributed by atoms with Crippen LogP contribution >= 0.6 is 15.9 Å². The fraction of sp³-hybridized carbons (Fsp3) is 0.500. The Balaban J connectivity index is 2.72. The fourth-order valence-electron chi connectivity index (χ4n) is 1.91. The van der Waals surface area contributed by atoms with Crippen molar-refractivity contribution in [1.29, 1.82) is 5.26 Å². The van der Waals surface area contributed by atoms with Crippen LogP contribution in [0, 0.1) is 11.3 Å². The Morgan fingerprint density at radius 2 is 2.06 bits per heavy atom. The third kappa shape index (κ3) is 4.32. The Kier molecular flexibility index (Phi) is 6.17. The summed E-state index contributed by atoms with van der Waals surface area (Å²) in [5.74, 6) is 0. The van der Waals surface area contributed by atoms with Gasteiger partial charge in [0.1, 0.15) is 6.07 Å². The van der Waals surface area contributed by atoms with Crippen LogP contribution < -0.4 is 5.32 Å².